The Morgan fingerprint density at radius 1 is 0.358 bits per heavy atom. The summed E-state index contributed by atoms with van der Waals surface area (Å²) < 4.78 is 0. The summed E-state index contributed by atoms with van der Waals surface area (Å²) in [7, 11) is 0. The van der Waals surface area contributed by atoms with Gasteiger partial charge in [0.15, 0.2) is 0 Å². The Morgan fingerprint density at radius 2 is 0.612 bits per heavy atom. The van der Waals surface area contributed by atoms with Crippen LogP contribution in [0.2, 0.25) is 0 Å². The predicted octanol–water partition coefficient (Wildman–Crippen LogP) is 18.0. The molecule has 0 heterocycles. The first kappa shape index (κ1) is 66.0. The van der Waals surface area contributed by atoms with Crippen LogP contribution in [0.5, 0.6) is 0 Å². The van der Waals surface area contributed by atoms with E-state index in [2.05, 4.69) is 31.3 Å². The maximum atomic E-state index is 12.6. The van der Waals surface area contributed by atoms with Crippen LogP contribution < -0.4 is 5.32 Å². The van der Waals surface area contributed by atoms with Gasteiger partial charge in [-0.2, -0.15) is 0 Å². The van der Waals surface area contributed by atoms with E-state index in [4.69, 9.17) is 0 Å². The number of nitrogens with one attached hydrogen (secondary N) is 1. The second-order valence-corrected chi connectivity index (χ2v) is 21.4. The minimum atomic E-state index is -1.28. The summed E-state index contributed by atoms with van der Waals surface area (Å²) in [5, 5.41) is 43.9. The summed E-state index contributed by atoms with van der Waals surface area (Å²) in [6.07, 6.45) is 67.5. The molecule has 0 aromatic heterocycles. The molecule has 0 aliphatic rings. The number of allylic oxidation sites excluding steroid dienone is 2. The van der Waals surface area contributed by atoms with E-state index in [0.717, 1.165) is 38.5 Å². The molecule has 5 N–H and O–H groups in total. The van der Waals surface area contributed by atoms with Crippen LogP contribution in [-0.2, 0) is 4.79 Å². The molecule has 0 spiro atoms. The molecule has 4 atom stereocenters. The highest BCUT2D eigenvalue weighted by molar-refractivity contribution is 5.80. The molecule has 0 aromatic carbocycles. The molecule has 0 bridgehead atoms. The highest BCUT2D eigenvalue weighted by atomic mass is 16.3. The van der Waals surface area contributed by atoms with Gasteiger partial charge in [-0.25, -0.2) is 0 Å². The maximum absolute atomic E-state index is 12.6. The van der Waals surface area contributed by atoms with Gasteiger partial charge in [-0.1, -0.05) is 315 Å². The van der Waals surface area contributed by atoms with Gasteiger partial charge in [0.25, 0.3) is 0 Å². The van der Waals surface area contributed by atoms with Crippen LogP contribution in [0.3, 0.4) is 0 Å². The molecule has 67 heavy (non-hydrogen) atoms. The second kappa shape index (κ2) is 56.0. The van der Waals surface area contributed by atoms with Crippen LogP contribution in [0.25, 0.3) is 0 Å². The first-order valence-electron chi connectivity index (χ1n) is 30.6. The zero-order valence-electron chi connectivity index (χ0n) is 45.4. The molecule has 0 saturated heterocycles. The monoisotopic (exact) mass is 948 g/mol. The van der Waals surface area contributed by atoms with Crippen LogP contribution in [0.4, 0.5) is 0 Å². The van der Waals surface area contributed by atoms with Crippen molar-refractivity contribution < 1.29 is 25.2 Å². The van der Waals surface area contributed by atoms with Crippen molar-refractivity contribution in [3.8, 4) is 0 Å². The van der Waals surface area contributed by atoms with Gasteiger partial charge in [0, 0.05) is 0 Å². The zero-order chi connectivity index (χ0) is 48.8. The van der Waals surface area contributed by atoms with Crippen LogP contribution >= 0.6 is 0 Å². The lowest BCUT2D eigenvalue weighted by molar-refractivity contribution is -0.132. The second-order valence-electron chi connectivity index (χ2n) is 21.4. The van der Waals surface area contributed by atoms with Gasteiger partial charge in [-0.15, -0.1) is 0 Å². The third-order valence-electron chi connectivity index (χ3n) is 14.7. The quantitative estimate of drug-likeness (QED) is 0.0308. The Hall–Kier alpha value is -0.950. The number of aliphatic hydroxyl groups is 4. The highest BCUT2D eigenvalue weighted by Gasteiger charge is 2.28. The molecule has 0 aliphatic carbocycles. The number of hydrogen-bond donors (Lipinski definition) is 5. The van der Waals surface area contributed by atoms with Crippen LogP contribution in [0, 0.1) is 0 Å². The molecular formula is C61H121NO5. The molecule has 0 aliphatic heterocycles. The van der Waals surface area contributed by atoms with Crippen LogP contribution in [-0.4, -0.2) is 57.3 Å². The van der Waals surface area contributed by atoms with Gasteiger partial charge in [0.1, 0.15) is 12.2 Å². The van der Waals surface area contributed by atoms with E-state index >= 15 is 0 Å². The molecule has 6 nitrogen and oxygen atoms in total. The summed E-state index contributed by atoms with van der Waals surface area (Å²) in [5.41, 5.74) is 0. The molecule has 0 radical (unpaired) electrons. The van der Waals surface area contributed by atoms with E-state index in [1.807, 2.05) is 0 Å². The van der Waals surface area contributed by atoms with Crippen molar-refractivity contribution in [2.24, 2.45) is 0 Å². The van der Waals surface area contributed by atoms with E-state index in [0.29, 0.717) is 12.8 Å². The largest absolute Gasteiger partial charge is 0.394 e. The number of carbonyl (C=O) groups excluding carboxylic acids is 1. The van der Waals surface area contributed by atoms with Crippen molar-refractivity contribution in [2.45, 2.75) is 366 Å². The number of amides is 1. The molecular weight excluding hydrogens is 827 g/mol. The van der Waals surface area contributed by atoms with Gasteiger partial charge in [-0.3, -0.25) is 4.79 Å². The molecule has 0 aromatic rings. The first-order valence-corrected chi connectivity index (χ1v) is 30.6. The highest BCUT2D eigenvalue weighted by Crippen LogP contribution is 2.19. The molecule has 0 rings (SSSR count). The fourth-order valence-corrected chi connectivity index (χ4v) is 9.94. The minimum absolute atomic E-state index is 0.369. The number of unbranched alkanes of at least 4 members (excludes halogenated alkanes) is 46. The zero-order valence-corrected chi connectivity index (χ0v) is 45.4. The van der Waals surface area contributed by atoms with Crippen molar-refractivity contribution in [2.75, 3.05) is 6.61 Å². The van der Waals surface area contributed by atoms with Gasteiger partial charge >= 0.3 is 0 Å². The lowest BCUT2D eigenvalue weighted by Crippen LogP contribution is -2.53. The Kier molecular flexibility index (Phi) is 55.2. The van der Waals surface area contributed by atoms with E-state index in [9.17, 15) is 25.2 Å². The molecule has 400 valence electrons. The van der Waals surface area contributed by atoms with Crippen molar-refractivity contribution in [1.82, 2.24) is 5.32 Å². The molecule has 4 unspecified atom stereocenters. The van der Waals surface area contributed by atoms with Gasteiger partial charge in [0.2, 0.25) is 5.91 Å². The van der Waals surface area contributed by atoms with Crippen molar-refractivity contribution >= 4 is 5.91 Å². The maximum Gasteiger partial charge on any atom is 0.249 e. The summed E-state index contributed by atoms with van der Waals surface area (Å²) in [6.45, 7) is 4.07. The fraction of sp³-hybridized carbons (Fsp3) is 0.951. The SMILES string of the molecule is CCCCCCCCCCCC/C=C/CCCC(O)C(O)C(CO)NC(=O)C(O)CCCCCCCCCCCCCCCCCCCCCCCCCCCCCCCCCCCCCC. The summed E-state index contributed by atoms with van der Waals surface area (Å²) >= 11 is 0. The molecule has 1 amide bonds. The third kappa shape index (κ3) is 49.8. The number of hydrogen-bond acceptors (Lipinski definition) is 5. The van der Waals surface area contributed by atoms with Crippen LogP contribution in [0.15, 0.2) is 12.2 Å². The predicted molar refractivity (Wildman–Crippen MR) is 293 cm³/mol. The van der Waals surface area contributed by atoms with Gasteiger partial charge in [-0.05, 0) is 38.5 Å². The van der Waals surface area contributed by atoms with Gasteiger partial charge in [0.05, 0.1) is 18.8 Å². The Balaban J connectivity index is 3.50. The normalized spacial score (nSPS) is 13.7. The minimum Gasteiger partial charge on any atom is -0.394 e. The van der Waals surface area contributed by atoms with Crippen molar-refractivity contribution in [3.63, 3.8) is 0 Å². The lowest BCUT2D eigenvalue weighted by Gasteiger charge is -2.27. The third-order valence-corrected chi connectivity index (χ3v) is 14.7. The number of carbonyl (C=O) groups is 1. The van der Waals surface area contributed by atoms with Crippen LogP contribution in [0.1, 0.15) is 341 Å². The van der Waals surface area contributed by atoms with E-state index in [1.165, 1.54) is 276 Å². The van der Waals surface area contributed by atoms with Gasteiger partial charge < -0.3 is 25.7 Å². The average Bonchev–Trinajstić information content (AvgIpc) is 3.33. The standard InChI is InChI=1S/C61H121NO5/c1-3-5-7-9-11-13-15-17-19-20-21-22-23-24-25-26-27-28-29-30-31-32-33-34-35-36-37-38-39-41-43-45-47-49-51-53-55-59(65)61(67)62-57(56-63)60(66)58(64)54-52-50-48-46-44-42-40-18-16-14-12-10-8-6-4-2/h46,48,57-60,63-66H,3-45,47,49-56H2,1-2H3,(H,62,67)/b48-46+. The Morgan fingerprint density at radius 3 is 0.896 bits per heavy atom. The lowest BCUT2D eigenvalue weighted by atomic mass is 10.00. The van der Waals surface area contributed by atoms with Crippen molar-refractivity contribution in [1.29, 1.82) is 0 Å². The molecule has 0 saturated carbocycles. The van der Waals surface area contributed by atoms with E-state index in [1.54, 1.807) is 0 Å². The average molecular weight is 949 g/mol. The summed E-state index contributed by atoms with van der Waals surface area (Å²) in [4.78, 5) is 12.6. The first-order chi connectivity index (χ1) is 33.0. The van der Waals surface area contributed by atoms with Crippen molar-refractivity contribution in [3.05, 3.63) is 12.2 Å². The Bertz CT molecular complexity index is 975. The van der Waals surface area contributed by atoms with E-state index in [-0.39, 0.29) is 0 Å². The topological polar surface area (TPSA) is 110 Å². The fourth-order valence-electron chi connectivity index (χ4n) is 9.94. The molecule has 0 fully saturated rings. The summed E-state index contributed by atoms with van der Waals surface area (Å²) in [5.74, 6) is -0.587. The smallest absolute Gasteiger partial charge is 0.249 e. The summed E-state index contributed by atoms with van der Waals surface area (Å²) in [6, 6.07) is -0.998. The number of aliphatic hydroxyl groups excluding tert-OH is 4. The number of rotatable bonds is 57. The van der Waals surface area contributed by atoms with E-state index < -0.39 is 36.9 Å². The Labute approximate surface area is 419 Å². The molecule has 6 heteroatoms.